The van der Waals surface area contributed by atoms with Gasteiger partial charge in [-0.1, -0.05) is 24.3 Å². The van der Waals surface area contributed by atoms with Crippen molar-refractivity contribution in [3.63, 3.8) is 0 Å². The number of ether oxygens (including phenoxy) is 1. The van der Waals surface area contributed by atoms with Gasteiger partial charge < -0.3 is 4.74 Å². The van der Waals surface area contributed by atoms with Crippen molar-refractivity contribution in [2.24, 2.45) is 0 Å². The SMILES string of the molecule is COc1cc2ccccc2c(CCl)n1.Cl. The maximum atomic E-state index is 5.82. The van der Waals surface area contributed by atoms with Crippen molar-refractivity contribution in [3.05, 3.63) is 36.0 Å². The lowest BCUT2D eigenvalue weighted by Gasteiger charge is -2.05. The average Bonchev–Trinajstić information content (AvgIpc) is 2.27. The summed E-state index contributed by atoms with van der Waals surface area (Å²) in [6.45, 7) is 0. The minimum Gasteiger partial charge on any atom is -0.481 e. The van der Waals surface area contributed by atoms with Crippen molar-refractivity contribution >= 4 is 34.8 Å². The summed E-state index contributed by atoms with van der Waals surface area (Å²) in [7, 11) is 1.61. The Kier molecular flexibility index (Phi) is 4.18. The normalized spacial score (nSPS) is 9.73. The van der Waals surface area contributed by atoms with Crippen molar-refractivity contribution in [1.82, 2.24) is 4.98 Å². The number of pyridine rings is 1. The number of fused-ring (bicyclic) bond motifs is 1. The highest BCUT2D eigenvalue weighted by molar-refractivity contribution is 6.17. The molecule has 1 heterocycles. The molecule has 2 rings (SSSR count). The minimum absolute atomic E-state index is 0. The van der Waals surface area contributed by atoms with E-state index in [9.17, 15) is 0 Å². The fourth-order valence-corrected chi connectivity index (χ4v) is 1.65. The number of alkyl halides is 1. The average molecular weight is 244 g/mol. The summed E-state index contributed by atoms with van der Waals surface area (Å²) in [4.78, 5) is 4.28. The molecule has 0 N–H and O–H groups in total. The van der Waals surface area contributed by atoms with Crippen molar-refractivity contribution in [2.45, 2.75) is 5.88 Å². The van der Waals surface area contributed by atoms with Gasteiger partial charge in [-0.05, 0) is 5.39 Å². The molecule has 1 aromatic carbocycles. The Morgan fingerprint density at radius 2 is 2.07 bits per heavy atom. The highest BCUT2D eigenvalue weighted by atomic mass is 35.5. The molecule has 80 valence electrons. The molecule has 0 aliphatic heterocycles. The van der Waals surface area contributed by atoms with Crippen molar-refractivity contribution < 1.29 is 4.74 Å². The third-order valence-electron chi connectivity index (χ3n) is 2.13. The number of nitrogens with zero attached hydrogens (tertiary/aromatic N) is 1. The Bertz CT molecular complexity index is 459. The number of aromatic nitrogens is 1. The van der Waals surface area contributed by atoms with Gasteiger partial charge in [0.05, 0.1) is 18.7 Å². The topological polar surface area (TPSA) is 22.1 Å². The van der Waals surface area contributed by atoms with E-state index in [1.54, 1.807) is 7.11 Å². The van der Waals surface area contributed by atoms with Crippen LogP contribution in [0.2, 0.25) is 0 Å². The summed E-state index contributed by atoms with van der Waals surface area (Å²) in [5, 5.41) is 2.19. The van der Waals surface area contributed by atoms with Gasteiger partial charge in [-0.2, -0.15) is 0 Å². The predicted octanol–water partition coefficient (Wildman–Crippen LogP) is 3.40. The number of benzene rings is 1. The van der Waals surface area contributed by atoms with Crippen LogP contribution in [-0.2, 0) is 5.88 Å². The van der Waals surface area contributed by atoms with E-state index in [1.807, 2.05) is 30.3 Å². The maximum absolute atomic E-state index is 5.82. The summed E-state index contributed by atoms with van der Waals surface area (Å²) < 4.78 is 5.10. The van der Waals surface area contributed by atoms with E-state index in [0.717, 1.165) is 16.5 Å². The molecule has 0 spiro atoms. The first-order chi connectivity index (χ1) is 6.85. The molecule has 0 aliphatic rings. The van der Waals surface area contributed by atoms with Crippen molar-refractivity contribution in [3.8, 4) is 5.88 Å². The lowest BCUT2D eigenvalue weighted by molar-refractivity contribution is 0.398. The van der Waals surface area contributed by atoms with Gasteiger partial charge in [0.2, 0.25) is 5.88 Å². The Hall–Kier alpha value is -0.990. The molecule has 0 atom stereocenters. The van der Waals surface area contributed by atoms with Crippen molar-refractivity contribution in [1.29, 1.82) is 0 Å². The van der Waals surface area contributed by atoms with Gasteiger partial charge in [0.1, 0.15) is 0 Å². The molecule has 0 unspecified atom stereocenters. The van der Waals surface area contributed by atoms with Gasteiger partial charge in [-0.3, -0.25) is 0 Å². The van der Waals surface area contributed by atoms with Gasteiger partial charge in [0.25, 0.3) is 0 Å². The standard InChI is InChI=1S/C11H10ClNO.ClH/c1-14-11-6-8-4-2-3-5-9(8)10(7-12)13-11;/h2-6H,7H2,1H3;1H. The van der Waals surface area contributed by atoms with E-state index in [2.05, 4.69) is 4.98 Å². The molecule has 2 aromatic rings. The van der Waals surface area contributed by atoms with Crippen LogP contribution in [0.5, 0.6) is 5.88 Å². The summed E-state index contributed by atoms with van der Waals surface area (Å²) in [5.74, 6) is 1.01. The fraction of sp³-hybridized carbons (Fsp3) is 0.182. The van der Waals surface area contributed by atoms with Crippen LogP contribution in [0.15, 0.2) is 30.3 Å². The molecule has 0 radical (unpaired) electrons. The summed E-state index contributed by atoms with van der Waals surface area (Å²) in [5.41, 5.74) is 0.863. The quantitative estimate of drug-likeness (QED) is 0.755. The largest absolute Gasteiger partial charge is 0.481 e. The van der Waals surface area contributed by atoms with Crippen LogP contribution in [-0.4, -0.2) is 12.1 Å². The number of hydrogen-bond donors (Lipinski definition) is 0. The molecule has 4 heteroatoms. The van der Waals surface area contributed by atoms with Crippen LogP contribution in [0, 0.1) is 0 Å². The van der Waals surface area contributed by atoms with Crippen LogP contribution in [0.25, 0.3) is 10.8 Å². The third-order valence-corrected chi connectivity index (χ3v) is 2.38. The van der Waals surface area contributed by atoms with Crippen LogP contribution in [0.1, 0.15) is 5.69 Å². The van der Waals surface area contributed by atoms with Gasteiger partial charge in [0.15, 0.2) is 0 Å². The molecule has 2 nitrogen and oxygen atoms in total. The zero-order valence-electron chi connectivity index (χ0n) is 8.24. The van der Waals surface area contributed by atoms with Crippen LogP contribution in [0.4, 0.5) is 0 Å². The van der Waals surface area contributed by atoms with Crippen LogP contribution < -0.4 is 4.74 Å². The third kappa shape index (κ3) is 2.33. The lowest BCUT2D eigenvalue weighted by Crippen LogP contribution is -1.93. The second kappa shape index (κ2) is 5.19. The summed E-state index contributed by atoms with van der Waals surface area (Å²) >= 11 is 5.82. The molecular weight excluding hydrogens is 233 g/mol. The van der Waals surface area contributed by atoms with E-state index >= 15 is 0 Å². The molecule has 0 saturated carbocycles. The fourth-order valence-electron chi connectivity index (χ4n) is 1.45. The van der Waals surface area contributed by atoms with Gasteiger partial charge in [-0.25, -0.2) is 4.98 Å². The van der Waals surface area contributed by atoms with Crippen LogP contribution >= 0.6 is 24.0 Å². The van der Waals surface area contributed by atoms with E-state index < -0.39 is 0 Å². The molecule has 1 aromatic heterocycles. The molecule has 15 heavy (non-hydrogen) atoms. The Morgan fingerprint density at radius 3 is 2.73 bits per heavy atom. The molecule has 0 aliphatic carbocycles. The first-order valence-electron chi connectivity index (χ1n) is 4.34. The minimum atomic E-state index is 0. The molecule has 0 amide bonds. The summed E-state index contributed by atoms with van der Waals surface area (Å²) in [6, 6.07) is 9.91. The molecular formula is C11H11Cl2NO. The molecule has 0 bridgehead atoms. The number of methoxy groups -OCH3 is 1. The first-order valence-corrected chi connectivity index (χ1v) is 4.87. The zero-order chi connectivity index (χ0) is 9.97. The van der Waals surface area contributed by atoms with Gasteiger partial charge in [-0.15, -0.1) is 24.0 Å². The zero-order valence-corrected chi connectivity index (χ0v) is 9.81. The smallest absolute Gasteiger partial charge is 0.213 e. The number of hydrogen-bond acceptors (Lipinski definition) is 2. The second-order valence-corrected chi connectivity index (χ2v) is 3.23. The molecule has 0 fully saturated rings. The Balaban J connectivity index is 0.00000112. The van der Waals surface area contributed by atoms with Crippen LogP contribution in [0.3, 0.4) is 0 Å². The highest BCUT2D eigenvalue weighted by Gasteiger charge is 2.04. The first kappa shape index (κ1) is 12.1. The monoisotopic (exact) mass is 243 g/mol. The number of halogens is 2. The maximum Gasteiger partial charge on any atom is 0.213 e. The van der Waals surface area contributed by atoms with Gasteiger partial charge in [0, 0.05) is 11.5 Å². The van der Waals surface area contributed by atoms with Crippen molar-refractivity contribution in [2.75, 3.05) is 7.11 Å². The Morgan fingerprint density at radius 1 is 1.33 bits per heavy atom. The summed E-state index contributed by atoms with van der Waals surface area (Å²) in [6.07, 6.45) is 0. The lowest BCUT2D eigenvalue weighted by atomic mass is 10.1. The molecule has 0 saturated heterocycles. The number of rotatable bonds is 2. The predicted molar refractivity (Wildman–Crippen MR) is 65.1 cm³/mol. The highest BCUT2D eigenvalue weighted by Crippen LogP contribution is 2.22. The second-order valence-electron chi connectivity index (χ2n) is 2.97. The van der Waals surface area contributed by atoms with E-state index in [0.29, 0.717) is 11.8 Å². The van der Waals surface area contributed by atoms with Gasteiger partial charge >= 0.3 is 0 Å². The Labute approximate surface area is 99.6 Å². The van der Waals surface area contributed by atoms with E-state index in [1.165, 1.54) is 0 Å². The van der Waals surface area contributed by atoms with E-state index in [4.69, 9.17) is 16.3 Å². The van der Waals surface area contributed by atoms with E-state index in [-0.39, 0.29) is 12.4 Å².